The second-order valence-corrected chi connectivity index (χ2v) is 5.13. The highest BCUT2D eigenvalue weighted by atomic mass is 16.3. The molecule has 4 N–H and O–H groups in total. The van der Waals surface area contributed by atoms with Crippen molar-refractivity contribution in [2.75, 3.05) is 18.9 Å². The van der Waals surface area contributed by atoms with Crippen LogP contribution < -0.4 is 5.73 Å². The highest BCUT2D eigenvalue weighted by Gasteiger charge is 2.36. The lowest BCUT2D eigenvalue weighted by Gasteiger charge is -2.20. The van der Waals surface area contributed by atoms with Gasteiger partial charge in [0.05, 0.1) is 18.0 Å². The molecule has 0 saturated heterocycles. The lowest BCUT2D eigenvalue weighted by Crippen LogP contribution is -2.36. The quantitative estimate of drug-likeness (QED) is 0.707. The van der Waals surface area contributed by atoms with Gasteiger partial charge in [-0.05, 0) is 25.7 Å². The number of aliphatic hydroxyl groups excluding tert-OH is 1. The van der Waals surface area contributed by atoms with Gasteiger partial charge in [0, 0.05) is 18.5 Å². The van der Waals surface area contributed by atoms with E-state index < -0.39 is 0 Å². The number of aliphatic hydroxyl groups is 1. The van der Waals surface area contributed by atoms with Crippen molar-refractivity contribution in [3.8, 4) is 0 Å². The van der Waals surface area contributed by atoms with E-state index in [1.54, 1.807) is 4.90 Å². The van der Waals surface area contributed by atoms with Crippen LogP contribution in [0.1, 0.15) is 47.8 Å². The topological polar surface area (TPSA) is 95.2 Å². The van der Waals surface area contributed by atoms with Gasteiger partial charge in [-0.2, -0.15) is 5.10 Å². The molecule has 2 aliphatic rings. The molecule has 0 bridgehead atoms. The number of nitrogens with two attached hydrogens (primary N) is 1. The molecule has 98 valence electrons. The molecular weight excluding hydrogens is 232 g/mol. The lowest BCUT2D eigenvalue weighted by molar-refractivity contribution is 0.0702. The summed E-state index contributed by atoms with van der Waals surface area (Å²) >= 11 is 0. The number of carbonyl (C=O) groups is 1. The van der Waals surface area contributed by atoms with Crippen LogP contribution in [-0.4, -0.2) is 45.3 Å². The van der Waals surface area contributed by atoms with Gasteiger partial charge in [-0.25, -0.2) is 0 Å². The Morgan fingerprint density at radius 1 is 1.44 bits per heavy atom. The standard InChI is InChI=1S/C12H18N4O2/c13-9-10(7-1-2-7)14-15-11(9)12(18)16(5-6-17)8-3-4-8/h7-8,17H,1-6,13H2,(H,14,15). The minimum Gasteiger partial charge on any atom is -0.395 e. The summed E-state index contributed by atoms with van der Waals surface area (Å²) in [5.74, 6) is 0.290. The average Bonchev–Trinajstić information content (AvgIpc) is 3.24. The number of aromatic nitrogens is 2. The second-order valence-electron chi connectivity index (χ2n) is 5.13. The average molecular weight is 250 g/mol. The van der Waals surface area contributed by atoms with Gasteiger partial charge in [0.1, 0.15) is 0 Å². The molecule has 0 unspecified atom stereocenters. The van der Waals surface area contributed by atoms with Gasteiger partial charge in [0.25, 0.3) is 5.91 Å². The number of hydrogen-bond acceptors (Lipinski definition) is 4. The number of nitrogens with one attached hydrogen (secondary N) is 1. The van der Waals surface area contributed by atoms with Crippen molar-refractivity contribution < 1.29 is 9.90 Å². The Labute approximate surface area is 105 Å². The molecule has 1 aromatic rings. The number of carbonyl (C=O) groups excluding carboxylic acids is 1. The number of anilines is 1. The maximum atomic E-state index is 12.3. The summed E-state index contributed by atoms with van der Waals surface area (Å²) in [4.78, 5) is 14.0. The van der Waals surface area contributed by atoms with E-state index in [-0.39, 0.29) is 18.6 Å². The van der Waals surface area contributed by atoms with E-state index in [9.17, 15) is 4.79 Å². The van der Waals surface area contributed by atoms with Crippen molar-refractivity contribution in [3.63, 3.8) is 0 Å². The number of nitrogens with zero attached hydrogens (tertiary/aromatic N) is 2. The molecule has 1 amide bonds. The molecule has 0 aromatic carbocycles. The summed E-state index contributed by atoms with van der Waals surface area (Å²) in [7, 11) is 0. The fourth-order valence-corrected chi connectivity index (χ4v) is 2.29. The van der Waals surface area contributed by atoms with Crippen LogP contribution in [0.3, 0.4) is 0 Å². The molecule has 2 aliphatic carbocycles. The Hall–Kier alpha value is -1.56. The first-order valence-corrected chi connectivity index (χ1v) is 6.48. The van der Waals surface area contributed by atoms with E-state index in [1.807, 2.05) is 0 Å². The summed E-state index contributed by atoms with van der Waals surface area (Å²) in [5.41, 5.74) is 7.71. The smallest absolute Gasteiger partial charge is 0.276 e. The molecule has 0 atom stereocenters. The van der Waals surface area contributed by atoms with Crippen LogP contribution in [0.2, 0.25) is 0 Å². The summed E-state index contributed by atoms with van der Waals surface area (Å²) < 4.78 is 0. The van der Waals surface area contributed by atoms with E-state index in [0.29, 0.717) is 23.8 Å². The van der Waals surface area contributed by atoms with Crippen molar-refractivity contribution in [2.24, 2.45) is 0 Å². The van der Waals surface area contributed by atoms with Crippen molar-refractivity contribution in [1.82, 2.24) is 15.1 Å². The molecule has 1 heterocycles. The zero-order valence-corrected chi connectivity index (χ0v) is 10.2. The molecule has 0 spiro atoms. The predicted octanol–water partition coefficient (Wildman–Crippen LogP) is 0.466. The summed E-state index contributed by atoms with van der Waals surface area (Å²) in [5, 5.41) is 16.0. The van der Waals surface area contributed by atoms with Gasteiger partial charge in [0.15, 0.2) is 5.69 Å². The molecule has 6 nitrogen and oxygen atoms in total. The van der Waals surface area contributed by atoms with Crippen LogP contribution in [0.15, 0.2) is 0 Å². The SMILES string of the molecule is Nc1c(C(=O)N(CCO)C2CC2)n[nH]c1C1CC1. The second kappa shape index (κ2) is 4.28. The van der Waals surface area contributed by atoms with Crippen molar-refractivity contribution in [3.05, 3.63) is 11.4 Å². The van der Waals surface area contributed by atoms with E-state index >= 15 is 0 Å². The number of amides is 1. The van der Waals surface area contributed by atoms with Crippen molar-refractivity contribution in [1.29, 1.82) is 0 Å². The number of rotatable bonds is 5. The lowest BCUT2D eigenvalue weighted by atomic mass is 10.2. The third-order valence-corrected chi connectivity index (χ3v) is 3.61. The van der Waals surface area contributed by atoms with Crippen LogP contribution in [-0.2, 0) is 0 Å². The highest BCUT2D eigenvalue weighted by molar-refractivity contribution is 5.98. The van der Waals surface area contributed by atoms with Gasteiger partial charge < -0.3 is 15.7 Å². The minimum absolute atomic E-state index is 0.0257. The number of H-pyrrole nitrogens is 1. The fourth-order valence-electron chi connectivity index (χ4n) is 2.29. The molecule has 18 heavy (non-hydrogen) atoms. The predicted molar refractivity (Wildman–Crippen MR) is 66.1 cm³/mol. The highest BCUT2D eigenvalue weighted by Crippen LogP contribution is 2.42. The first-order valence-electron chi connectivity index (χ1n) is 6.48. The summed E-state index contributed by atoms with van der Waals surface area (Å²) in [6.45, 7) is 0.330. The zero-order valence-electron chi connectivity index (χ0n) is 10.2. The fraction of sp³-hybridized carbons (Fsp3) is 0.667. The van der Waals surface area contributed by atoms with E-state index in [0.717, 1.165) is 31.4 Å². The Morgan fingerprint density at radius 2 is 2.17 bits per heavy atom. The summed E-state index contributed by atoms with van der Waals surface area (Å²) in [6, 6.07) is 0.255. The molecule has 0 radical (unpaired) electrons. The minimum atomic E-state index is -0.160. The number of nitrogen functional groups attached to an aromatic ring is 1. The molecule has 0 aliphatic heterocycles. The Kier molecular flexibility index (Phi) is 2.74. The Morgan fingerprint density at radius 3 is 2.72 bits per heavy atom. The molecule has 3 rings (SSSR count). The van der Waals surface area contributed by atoms with Crippen LogP contribution in [0.5, 0.6) is 0 Å². The van der Waals surface area contributed by atoms with Gasteiger partial charge in [-0.15, -0.1) is 0 Å². The molecule has 6 heteroatoms. The largest absolute Gasteiger partial charge is 0.395 e. The maximum Gasteiger partial charge on any atom is 0.276 e. The Bertz CT molecular complexity index is 463. The molecule has 2 fully saturated rings. The molecule has 2 saturated carbocycles. The summed E-state index contributed by atoms with van der Waals surface area (Å²) in [6.07, 6.45) is 4.24. The molecular formula is C12H18N4O2. The zero-order chi connectivity index (χ0) is 12.7. The number of hydrogen-bond donors (Lipinski definition) is 3. The van der Waals surface area contributed by atoms with Gasteiger partial charge in [-0.1, -0.05) is 0 Å². The normalized spacial score (nSPS) is 18.9. The molecule has 1 aromatic heterocycles. The van der Waals surface area contributed by atoms with E-state index in [2.05, 4.69) is 10.2 Å². The van der Waals surface area contributed by atoms with E-state index in [4.69, 9.17) is 10.8 Å². The van der Waals surface area contributed by atoms with Crippen LogP contribution >= 0.6 is 0 Å². The monoisotopic (exact) mass is 250 g/mol. The van der Waals surface area contributed by atoms with E-state index in [1.165, 1.54) is 0 Å². The Balaban J connectivity index is 1.81. The number of aromatic amines is 1. The van der Waals surface area contributed by atoms with Gasteiger partial charge in [-0.3, -0.25) is 9.89 Å². The van der Waals surface area contributed by atoms with Crippen LogP contribution in [0, 0.1) is 0 Å². The third kappa shape index (κ3) is 1.96. The first-order chi connectivity index (χ1) is 8.72. The van der Waals surface area contributed by atoms with Crippen molar-refractivity contribution in [2.45, 2.75) is 37.6 Å². The van der Waals surface area contributed by atoms with Gasteiger partial charge >= 0.3 is 0 Å². The third-order valence-electron chi connectivity index (χ3n) is 3.61. The van der Waals surface area contributed by atoms with Crippen LogP contribution in [0.4, 0.5) is 5.69 Å². The van der Waals surface area contributed by atoms with Crippen molar-refractivity contribution >= 4 is 11.6 Å². The maximum absolute atomic E-state index is 12.3. The first kappa shape index (κ1) is 11.5. The van der Waals surface area contributed by atoms with Crippen LogP contribution in [0.25, 0.3) is 0 Å². The van der Waals surface area contributed by atoms with Gasteiger partial charge in [0.2, 0.25) is 0 Å².